The lowest BCUT2D eigenvalue weighted by Crippen LogP contribution is -2.40. The van der Waals surface area contributed by atoms with Gasteiger partial charge in [-0.1, -0.05) is 13.8 Å². The predicted octanol–water partition coefficient (Wildman–Crippen LogP) is 2.12. The van der Waals surface area contributed by atoms with Crippen LogP contribution in [0.5, 0.6) is 0 Å². The van der Waals surface area contributed by atoms with Gasteiger partial charge in [0.25, 0.3) is 5.91 Å². The summed E-state index contributed by atoms with van der Waals surface area (Å²) in [5.74, 6) is 0.786. The zero-order valence-corrected chi connectivity index (χ0v) is 13.1. The van der Waals surface area contributed by atoms with E-state index in [9.17, 15) is 4.79 Å². The molecule has 0 aliphatic carbocycles. The summed E-state index contributed by atoms with van der Waals surface area (Å²) < 4.78 is 0. The van der Waals surface area contributed by atoms with Crippen LogP contribution in [0.25, 0.3) is 0 Å². The van der Waals surface area contributed by atoms with Crippen LogP contribution in [0.1, 0.15) is 43.5 Å². The Morgan fingerprint density at radius 2 is 2.29 bits per heavy atom. The Labute approximate surface area is 127 Å². The lowest BCUT2D eigenvalue weighted by atomic mass is 10.2. The fourth-order valence-corrected chi connectivity index (χ4v) is 2.74. The molecule has 1 unspecified atom stereocenters. The highest BCUT2D eigenvalue weighted by Gasteiger charge is 2.23. The van der Waals surface area contributed by atoms with Gasteiger partial charge in [-0.3, -0.25) is 9.69 Å². The topological polar surface area (TPSA) is 57.3 Å². The van der Waals surface area contributed by atoms with E-state index in [1.54, 1.807) is 6.20 Å². The van der Waals surface area contributed by atoms with E-state index in [2.05, 4.69) is 34.4 Å². The minimum atomic E-state index is -0.0347. The first-order valence-electron chi connectivity index (χ1n) is 7.96. The first kappa shape index (κ1) is 15.8. The molecule has 5 nitrogen and oxygen atoms in total. The van der Waals surface area contributed by atoms with E-state index in [4.69, 9.17) is 0 Å². The maximum absolute atomic E-state index is 12.1. The second kappa shape index (κ2) is 7.98. The van der Waals surface area contributed by atoms with Gasteiger partial charge in [-0.25, -0.2) is 4.98 Å². The van der Waals surface area contributed by atoms with Gasteiger partial charge in [0.05, 0.1) is 5.56 Å². The first-order chi connectivity index (χ1) is 10.2. The van der Waals surface area contributed by atoms with Crippen molar-refractivity contribution >= 4 is 11.7 Å². The number of pyridine rings is 1. The molecule has 1 aromatic rings. The second-order valence-corrected chi connectivity index (χ2v) is 5.49. The monoisotopic (exact) mass is 290 g/mol. The number of rotatable bonds is 7. The lowest BCUT2D eigenvalue weighted by molar-refractivity contribution is 0.0941. The number of carbonyl (C=O) groups is 1. The number of aromatic nitrogens is 1. The SMILES string of the molecule is CCCNc1ccc(C(=O)NCC2CCCN2CC)cn1. The number of nitrogens with zero attached hydrogens (tertiary/aromatic N) is 2. The fraction of sp³-hybridized carbons (Fsp3) is 0.625. The van der Waals surface area contributed by atoms with Crippen LogP contribution in [0.3, 0.4) is 0 Å². The number of amides is 1. The van der Waals surface area contributed by atoms with Gasteiger partial charge in [0.2, 0.25) is 0 Å². The number of hydrogen-bond acceptors (Lipinski definition) is 4. The molecule has 0 aromatic carbocycles. The van der Waals surface area contributed by atoms with E-state index in [1.807, 2.05) is 12.1 Å². The molecular weight excluding hydrogens is 264 g/mol. The molecule has 1 aromatic heterocycles. The largest absolute Gasteiger partial charge is 0.370 e. The van der Waals surface area contributed by atoms with Crippen molar-refractivity contribution in [2.75, 3.05) is 31.5 Å². The fourth-order valence-electron chi connectivity index (χ4n) is 2.74. The Bertz CT molecular complexity index is 446. The van der Waals surface area contributed by atoms with Gasteiger partial charge >= 0.3 is 0 Å². The van der Waals surface area contributed by atoms with Crippen LogP contribution in [0.15, 0.2) is 18.3 Å². The van der Waals surface area contributed by atoms with Crippen molar-refractivity contribution < 1.29 is 4.79 Å². The third kappa shape index (κ3) is 4.43. The van der Waals surface area contributed by atoms with E-state index < -0.39 is 0 Å². The van der Waals surface area contributed by atoms with Crippen LogP contribution in [0, 0.1) is 0 Å². The minimum Gasteiger partial charge on any atom is -0.370 e. The van der Waals surface area contributed by atoms with Gasteiger partial charge in [-0.2, -0.15) is 0 Å². The van der Waals surface area contributed by atoms with Crippen LogP contribution in [0.4, 0.5) is 5.82 Å². The Morgan fingerprint density at radius 1 is 1.43 bits per heavy atom. The number of anilines is 1. The van der Waals surface area contributed by atoms with Gasteiger partial charge < -0.3 is 10.6 Å². The number of carbonyl (C=O) groups excluding carboxylic acids is 1. The highest BCUT2D eigenvalue weighted by molar-refractivity contribution is 5.94. The molecule has 2 N–H and O–H groups in total. The highest BCUT2D eigenvalue weighted by Crippen LogP contribution is 2.15. The molecule has 2 rings (SSSR count). The van der Waals surface area contributed by atoms with E-state index in [1.165, 1.54) is 12.8 Å². The smallest absolute Gasteiger partial charge is 0.252 e. The molecule has 0 spiro atoms. The zero-order valence-electron chi connectivity index (χ0n) is 13.1. The van der Waals surface area contributed by atoms with Gasteiger partial charge in [0.15, 0.2) is 0 Å². The third-order valence-corrected chi connectivity index (χ3v) is 3.99. The normalized spacial score (nSPS) is 18.7. The minimum absolute atomic E-state index is 0.0347. The van der Waals surface area contributed by atoms with Crippen molar-refractivity contribution in [1.29, 1.82) is 0 Å². The maximum Gasteiger partial charge on any atom is 0.252 e. The van der Waals surface area contributed by atoms with Gasteiger partial charge in [-0.05, 0) is 44.5 Å². The summed E-state index contributed by atoms with van der Waals surface area (Å²) in [4.78, 5) is 18.8. The summed E-state index contributed by atoms with van der Waals surface area (Å²) >= 11 is 0. The zero-order chi connectivity index (χ0) is 15.1. The van der Waals surface area contributed by atoms with Crippen LogP contribution < -0.4 is 10.6 Å². The van der Waals surface area contributed by atoms with Crippen molar-refractivity contribution in [3.63, 3.8) is 0 Å². The Kier molecular flexibility index (Phi) is 5.99. The van der Waals surface area contributed by atoms with Gasteiger partial charge in [0, 0.05) is 25.3 Å². The average molecular weight is 290 g/mol. The number of nitrogens with one attached hydrogen (secondary N) is 2. The summed E-state index contributed by atoms with van der Waals surface area (Å²) in [6.07, 6.45) is 5.10. The summed E-state index contributed by atoms with van der Waals surface area (Å²) in [5.41, 5.74) is 0.623. The molecule has 1 amide bonds. The van der Waals surface area contributed by atoms with Crippen LogP contribution in [0.2, 0.25) is 0 Å². The van der Waals surface area contributed by atoms with Crippen molar-refractivity contribution in [3.05, 3.63) is 23.9 Å². The number of likely N-dealkylation sites (tertiary alicyclic amines) is 1. The van der Waals surface area contributed by atoms with Crippen molar-refractivity contribution in [2.24, 2.45) is 0 Å². The summed E-state index contributed by atoms with van der Waals surface area (Å²) in [5, 5.41) is 6.23. The Morgan fingerprint density at radius 3 is 2.95 bits per heavy atom. The van der Waals surface area contributed by atoms with Crippen molar-refractivity contribution in [1.82, 2.24) is 15.2 Å². The molecule has 1 saturated heterocycles. The quantitative estimate of drug-likeness (QED) is 0.807. The number of likely N-dealkylation sites (N-methyl/N-ethyl adjacent to an activating group) is 1. The Hall–Kier alpha value is -1.62. The average Bonchev–Trinajstić information content (AvgIpc) is 2.98. The molecule has 0 radical (unpaired) electrons. The molecule has 21 heavy (non-hydrogen) atoms. The summed E-state index contributed by atoms with van der Waals surface area (Å²) in [7, 11) is 0. The van der Waals surface area contributed by atoms with E-state index in [-0.39, 0.29) is 5.91 Å². The molecule has 1 fully saturated rings. The molecule has 1 aliphatic heterocycles. The molecule has 1 aliphatic rings. The van der Waals surface area contributed by atoms with Crippen LogP contribution in [-0.4, -0.2) is 48.0 Å². The van der Waals surface area contributed by atoms with E-state index >= 15 is 0 Å². The number of hydrogen-bond donors (Lipinski definition) is 2. The molecule has 2 heterocycles. The highest BCUT2D eigenvalue weighted by atomic mass is 16.1. The summed E-state index contributed by atoms with van der Waals surface area (Å²) in [6, 6.07) is 4.17. The van der Waals surface area contributed by atoms with Crippen LogP contribution in [-0.2, 0) is 0 Å². The molecule has 1 atom stereocenters. The summed E-state index contributed by atoms with van der Waals surface area (Å²) in [6.45, 7) is 8.11. The predicted molar refractivity (Wildman–Crippen MR) is 85.6 cm³/mol. The van der Waals surface area contributed by atoms with Gasteiger partial charge in [0.1, 0.15) is 5.82 Å². The lowest BCUT2D eigenvalue weighted by Gasteiger charge is -2.22. The molecule has 0 saturated carbocycles. The first-order valence-corrected chi connectivity index (χ1v) is 7.96. The standard InChI is InChI=1S/C16H26N4O/c1-3-9-17-15-8-7-13(11-18-15)16(21)19-12-14-6-5-10-20(14)4-2/h7-8,11,14H,3-6,9-10,12H2,1-2H3,(H,17,18)(H,19,21). The van der Waals surface area contributed by atoms with Crippen molar-refractivity contribution in [3.8, 4) is 0 Å². The molecular formula is C16H26N4O. The molecule has 116 valence electrons. The van der Waals surface area contributed by atoms with Crippen LogP contribution >= 0.6 is 0 Å². The van der Waals surface area contributed by atoms with E-state index in [0.717, 1.165) is 38.4 Å². The molecule has 0 bridgehead atoms. The van der Waals surface area contributed by atoms with E-state index in [0.29, 0.717) is 11.6 Å². The Balaban J connectivity index is 1.82. The van der Waals surface area contributed by atoms with Crippen molar-refractivity contribution in [2.45, 2.75) is 39.2 Å². The van der Waals surface area contributed by atoms with Gasteiger partial charge in [-0.15, -0.1) is 0 Å². The third-order valence-electron chi connectivity index (χ3n) is 3.99. The maximum atomic E-state index is 12.1. The second-order valence-electron chi connectivity index (χ2n) is 5.49. The molecule has 5 heteroatoms.